The van der Waals surface area contributed by atoms with Gasteiger partial charge in [0.2, 0.25) is 18.2 Å². The van der Waals surface area contributed by atoms with Gasteiger partial charge in [0, 0.05) is 6.54 Å². The second kappa shape index (κ2) is 26.0. The summed E-state index contributed by atoms with van der Waals surface area (Å²) in [5.41, 5.74) is 10.6. The lowest BCUT2D eigenvalue weighted by Gasteiger charge is -2.34. The number of hydrazine groups is 1. The molecule has 4 unspecified atom stereocenters. The van der Waals surface area contributed by atoms with Crippen LogP contribution in [0.2, 0.25) is 0 Å². The molecular formula is C37H67N5O5S. The Labute approximate surface area is 297 Å². The SMILES string of the molecule is CC.CC(NC(=O)C(NC=O)C(C)C)C(=O)N1CCCC(C(N)=O)N1.CCc1cccc(/C=C/CCC(OC(C)(C)C)C(C)C)c1.CS. The molecule has 276 valence electrons. The summed E-state index contributed by atoms with van der Waals surface area (Å²) in [6.07, 6.45) is 11.4. The molecule has 4 amide bonds. The Morgan fingerprint density at radius 3 is 2.23 bits per heavy atom. The van der Waals surface area contributed by atoms with Crippen LogP contribution in [0.5, 0.6) is 0 Å². The smallest absolute Gasteiger partial charge is 0.258 e. The van der Waals surface area contributed by atoms with Gasteiger partial charge in [0.1, 0.15) is 18.1 Å². The topological polar surface area (TPSA) is 143 Å². The number of nitrogens with zero attached hydrogens (tertiary/aromatic N) is 1. The van der Waals surface area contributed by atoms with Crippen molar-refractivity contribution >= 4 is 42.8 Å². The molecule has 0 saturated carbocycles. The first-order valence-corrected chi connectivity index (χ1v) is 18.2. The predicted octanol–water partition coefficient (Wildman–Crippen LogP) is 5.70. The number of carbonyl (C=O) groups is 4. The minimum Gasteiger partial charge on any atom is -0.372 e. The van der Waals surface area contributed by atoms with E-state index in [1.54, 1.807) is 27.0 Å². The van der Waals surface area contributed by atoms with Crippen LogP contribution in [0, 0.1) is 11.8 Å². The fraction of sp³-hybridized carbons (Fsp3) is 0.676. The highest BCUT2D eigenvalue weighted by atomic mass is 32.1. The van der Waals surface area contributed by atoms with E-state index in [0.29, 0.717) is 37.8 Å². The molecule has 1 aliphatic rings. The van der Waals surface area contributed by atoms with Crippen LogP contribution in [0.3, 0.4) is 0 Å². The Morgan fingerprint density at radius 1 is 1.10 bits per heavy atom. The highest BCUT2D eigenvalue weighted by molar-refractivity contribution is 7.79. The van der Waals surface area contributed by atoms with Crippen molar-refractivity contribution < 1.29 is 23.9 Å². The first kappa shape index (κ1) is 47.2. The van der Waals surface area contributed by atoms with Gasteiger partial charge in [-0.3, -0.25) is 24.2 Å². The van der Waals surface area contributed by atoms with Gasteiger partial charge in [-0.15, -0.1) is 0 Å². The Morgan fingerprint density at radius 2 is 1.73 bits per heavy atom. The summed E-state index contributed by atoms with van der Waals surface area (Å²) >= 11 is 3.53. The van der Waals surface area contributed by atoms with Gasteiger partial charge in [0.05, 0.1) is 11.7 Å². The summed E-state index contributed by atoms with van der Waals surface area (Å²) in [5.74, 6) is -0.875. The zero-order chi connectivity index (χ0) is 37.4. The number of thiol groups is 1. The molecule has 1 aliphatic heterocycles. The zero-order valence-corrected chi connectivity index (χ0v) is 32.7. The number of nitrogens with two attached hydrogens (primary N) is 1. The zero-order valence-electron chi connectivity index (χ0n) is 31.8. The Hall–Kier alpha value is -2.89. The van der Waals surface area contributed by atoms with Crippen LogP contribution in [0.1, 0.15) is 113 Å². The first-order chi connectivity index (χ1) is 22.6. The van der Waals surface area contributed by atoms with Crippen LogP contribution in [0.25, 0.3) is 6.08 Å². The Bertz CT molecular complexity index is 1090. The average molecular weight is 694 g/mol. The van der Waals surface area contributed by atoms with Crippen LogP contribution in [0.15, 0.2) is 30.3 Å². The molecule has 10 nitrogen and oxygen atoms in total. The van der Waals surface area contributed by atoms with Gasteiger partial charge in [-0.1, -0.05) is 84.9 Å². The molecule has 0 radical (unpaired) electrons. The molecule has 5 N–H and O–H groups in total. The molecule has 0 aliphatic carbocycles. The lowest BCUT2D eigenvalue weighted by molar-refractivity contribution is -0.142. The number of allylic oxidation sites excluding steroid dienone is 1. The van der Waals surface area contributed by atoms with Crippen molar-refractivity contribution in [1.82, 2.24) is 21.1 Å². The Kier molecular flexibility index (Phi) is 25.6. The molecule has 1 heterocycles. The van der Waals surface area contributed by atoms with Gasteiger partial charge in [-0.25, -0.2) is 5.43 Å². The van der Waals surface area contributed by atoms with Crippen LogP contribution >= 0.6 is 12.6 Å². The van der Waals surface area contributed by atoms with E-state index in [1.807, 2.05) is 13.8 Å². The fourth-order valence-corrected chi connectivity index (χ4v) is 4.77. The van der Waals surface area contributed by atoms with Gasteiger partial charge < -0.3 is 21.1 Å². The van der Waals surface area contributed by atoms with E-state index < -0.39 is 29.9 Å². The van der Waals surface area contributed by atoms with Crippen molar-refractivity contribution in [1.29, 1.82) is 0 Å². The molecule has 4 atom stereocenters. The quantitative estimate of drug-likeness (QED) is 0.125. The molecule has 1 saturated heterocycles. The Balaban J connectivity index is 0. The molecule has 48 heavy (non-hydrogen) atoms. The van der Waals surface area contributed by atoms with E-state index in [-0.39, 0.29) is 17.4 Å². The minimum atomic E-state index is -0.795. The maximum Gasteiger partial charge on any atom is 0.258 e. The number of aryl methyl sites for hydroxylation is 1. The molecular weight excluding hydrogens is 627 g/mol. The molecule has 1 aromatic carbocycles. The van der Waals surface area contributed by atoms with Crippen molar-refractivity contribution in [3.8, 4) is 0 Å². The molecule has 1 fully saturated rings. The summed E-state index contributed by atoms with van der Waals surface area (Å²) in [6.45, 7) is 22.6. The predicted molar refractivity (Wildman–Crippen MR) is 202 cm³/mol. The number of amides is 4. The van der Waals surface area contributed by atoms with Gasteiger partial charge >= 0.3 is 0 Å². The average Bonchev–Trinajstić information content (AvgIpc) is 3.06. The highest BCUT2D eigenvalue weighted by Crippen LogP contribution is 2.21. The van der Waals surface area contributed by atoms with Crippen LogP contribution in [-0.2, 0) is 30.3 Å². The monoisotopic (exact) mass is 693 g/mol. The van der Waals surface area contributed by atoms with Crippen molar-refractivity contribution in [2.45, 2.75) is 138 Å². The second-order valence-corrected chi connectivity index (χ2v) is 13.0. The van der Waals surface area contributed by atoms with Gasteiger partial charge in [0.15, 0.2) is 0 Å². The third-order valence-corrected chi connectivity index (χ3v) is 7.26. The third-order valence-electron chi connectivity index (χ3n) is 7.26. The van der Waals surface area contributed by atoms with Crippen molar-refractivity contribution in [2.24, 2.45) is 17.6 Å². The van der Waals surface area contributed by atoms with E-state index in [0.717, 1.165) is 19.3 Å². The van der Waals surface area contributed by atoms with Crippen molar-refractivity contribution in [3.05, 3.63) is 41.5 Å². The lowest BCUT2D eigenvalue weighted by atomic mass is 10.00. The molecule has 2 rings (SSSR count). The number of rotatable bonds is 14. The summed E-state index contributed by atoms with van der Waals surface area (Å²) in [5, 5.41) is 6.32. The van der Waals surface area contributed by atoms with E-state index >= 15 is 0 Å². The molecule has 0 bridgehead atoms. The van der Waals surface area contributed by atoms with E-state index in [4.69, 9.17) is 10.5 Å². The number of hydrogen-bond acceptors (Lipinski definition) is 7. The maximum absolute atomic E-state index is 12.4. The van der Waals surface area contributed by atoms with Gasteiger partial charge in [-0.05, 0) is 89.0 Å². The maximum atomic E-state index is 12.4. The molecule has 0 spiro atoms. The van der Waals surface area contributed by atoms with E-state index in [9.17, 15) is 19.2 Å². The van der Waals surface area contributed by atoms with Crippen molar-refractivity contribution in [3.63, 3.8) is 0 Å². The second-order valence-electron chi connectivity index (χ2n) is 13.0. The number of benzene rings is 1. The summed E-state index contributed by atoms with van der Waals surface area (Å²) in [4.78, 5) is 46.3. The molecule has 1 aromatic rings. The number of ether oxygens (including phenoxy) is 1. The van der Waals surface area contributed by atoms with Crippen LogP contribution in [-0.4, -0.2) is 71.8 Å². The van der Waals surface area contributed by atoms with Crippen LogP contribution < -0.4 is 21.8 Å². The van der Waals surface area contributed by atoms with Gasteiger partial charge in [-0.2, -0.15) is 12.6 Å². The minimum absolute atomic E-state index is 0.0614. The summed E-state index contributed by atoms with van der Waals surface area (Å²) in [7, 11) is 0. The molecule has 11 heteroatoms. The van der Waals surface area contributed by atoms with E-state index in [1.165, 1.54) is 16.1 Å². The highest BCUT2D eigenvalue weighted by Gasteiger charge is 2.31. The van der Waals surface area contributed by atoms with E-state index in [2.05, 4.69) is 107 Å². The normalized spacial score (nSPS) is 16.2. The summed E-state index contributed by atoms with van der Waals surface area (Å²) in [6, 6.07) is 6.66. The fourth-order valence-electron chi connectivity index (χ4n) is 4.77. The van der Waals surface area contributed by atoms with Crippen molar-refractivity contribution in [2.75, 3.05) is 12.8 Å². The summed E-state index contributed by atoms with van der Waals surface area (Å²) < 4.78 is 6.15. The number of carbonyl (C=O) groups excluding carboxylic acids is 4. The number of primary amides is 1. The lowest BCUT2D eigenvalue weighted by Crippen LogP contribution is -2.61. The van der Waals surface area contributed by atoms with Crippen LogP contribution in [0.4, 0.5) is 0 Å². The largest absolute Gasteiger partial charge is 0.372 e. The molecule has 0 aromatic heterocycles. The first-order valence-electron chi connectivity index (χ1n) is 17.3. The standard InChI is InChI=1S/C20H32O.C14H25N5O4.C2H6.CH4S/c1-7-17-12-10-13-18(15-17)11-8-9-14-19(16(2)3)21-20(4,5)6;1-8(2)11(16-7-20)13(22)17-9(3)14(23)19-6-4-5-10(18-19)12(15)21;2*1-2/h8,10-13,15-16,19H,7,9,14H2,1-6H3;7-11,18H,4-6H2,1-3H3,(H2,15,21)(H,16,20)(H,17,22);1-2H3;2H,1H3/b11-8+;;;. The number of hydrogen-bond donors (Lipinski definition) is 5. The van der Waals surface area contributed by atoms with Gasteiger partial charge in [0.25, 0.3) is 5.91 Å². The number of nitrogens with one attached hydrogen (secondary N) is 3. The third kappa shape index (κ3) is 19.8.